The van der Waals surface area contributed by atoms with Crippen LogP contribution in [0.4, 0.5) is 5.69 Å². The number of carbonyl (C=O) groups is 1. The van der Waals surface area contributed by atoms with Crippen LogP contribution in [0.1, 0.15) is 32.1 Å². The van der Waals surface area contributed by atoms with Crippen LogP contribution in [0.15, 0.2) is 24.3 Å². The van der Waals surface area contributed by atoms with Gasteiger partial charge in [0.1, 0.15) is 0 Å². The summed E-state index contributed by atoms with van der Waals surface area (Å²) in [5, 5.41) is 3.64. The average Bonchev–Trinajstić information content (AvgIpc) is 2.38. The van der Waals surface area contributed by atoms with Crippen molar-refractivity contribution in [1.82, 2.24) is 0 Å². The minimum atomic E-state index is 0. The van der Waals surface area contributed by atoms with E-state index in [0.29, 0.717) is 22.9 Å². The number of fused-ring (bicyclic) bond motifs is 2. The molecule has 1 aromatic carbocycles. The number of halogens is 2. The Balaban J connectivity index is 0.00000161. The third-order valence-electron chi connectivity index (χ3n) is 4.88. The third kappa shape index (κ3) is 3.71. The Morgan fingerprint density at radius 2 is 1.90 bits per heavy atom. The van der Waals surface area contributed by atoms with Crippen molar-refractivity contribution in [1.29, 1.82) is 0 Å². The lowest BCUT2D eigenvalue weighted by Crippen LogP contribution is -2.48. The number of anilines is 1. The monoisotopic (exact) mass is 328 g/mol. The van der Waals surface area contributed by atoms with Gasteiger partial charge in [-0.2, -0.15) is 0 Å². The van der Waals surface area contributed by atoms with Gasteiger partial charge in [-0.1, -0.05) is 24.1 Å². The Hall–Kier alpha value is -0.770. The van der Waals surface area contributed by atoms with E-state index in [0.717, 1.165) is 18.5 Å². The molecule has 0 radical (unpaired) electrons. The zero-order valence-electron chi connectivity index (χ0n) is 11.9. The van der Waals surface area contributed by atoms with Crippen molar-refractivity contribution in [3.8, 4) is 0 Å². The molecule has 2 fully saturated rings. The molecule has 0 aliphatic heterocycles. The predicted octanol–water partition coefficient (Wildman–Crippen LogP) is 3.85. The molecule has 2 bridgehead atoms. The summed E-state index contributed by atoms with van der Waals surface area (Å²) in [6.45, 7) is 0. The van der Waals surface area contributed by atoms with E-state index in [2.05, 4.69) is 5.32 Å². The summed E-state index contributed by atoms with van der Waals surface area (Å²) in [5.41, 5.74) is 7.05. The number of hydrogen-bond donors (Lipinski definition) is 2. The zero-order valence-corrected chi connectivity index (χ0v) is 13.5. The summed E-state index contributed by atoms with van der Waals surface area (Å²) in [7, 11) is 0. The molecule has 2 atom stereocenters. The van der Waals surface area contributed by atoms with Crippen LogP contribution >= 0.6 is 24.0 Å². The predicted molar refractivity (Wildman–Crippen MR) is 88.9 cm³/mol. The van der Waals surface area contributed by atoms with Crippen LogP contribution in [0.3, 0.4) is 0 Å². The number of benzene rings is 1. The lowest BCUT2D eigenvalue weighted by atomic mass is 9.65. The molecule has 0 spiro atoms. The second-order valence-corrected chi connectivity index (χ2v) is 6.63. The van der Waals surface area contributed by atoms with E-state index < -0.39 is 0 Å². The summed E-state index contributed by atoms with van der Waals surface area (Å²) in [5.74, 6) is 1.27. The Labute approximate surface area is 137 Å². The van der Waals surface area contributed by atoms with Gasteiger partial charge >= 0.3 is 0 Å². The van der Waals surface area contributed by atoms with Crippen molar-refractivity contribution in [2.45, 2.75) is 38.1 Å². The van der Waals surface area contributed by atoms with Crippen LogP contribution in [-0.2, 0) is 4.79 Å². The number of hydrogen-bond acceptors (Lipinski definition) is 2. The number of rotatable bonds is 2. The Kier molecular flexibility index (Phi) is 5.53. The molecule has 1 aromatic rings. The standard InChI is InChI=1S/C16H21ClN2O.ClH/c17-13-5-2-6-14(9-13)19-16(20)12-7-10-3-1-4-11(8-12)15(10)18;/h2,5-6,9-12,15H,1,3-4,7-8,18H2,(H,19,20);1H. The van der Waals surface area contributed by atoms with Crippen LogP contribution in [0, 0.1) is 17.8 Å². The van der Waals surface area contributed by atoms with Gasteiger partial charge in [-0.25, -0.2) is 0 Å². The van der Waals surface area contributed by atoms with E-state index in [1.54, 1.807) is 12.1 Å². The molecule has 0 heterocycles. The minimum Gasteiger partial charge on any atom is -0.327 e. The molecular weight excluding hydrogens is 307 g/mol. The van der Waals surface area contributed by atoms with E-state index in [9.17, 15) is 4.79 Å². The first-order chi connectivity index (χ1) is 9.63. The second-order valence-electron chi connectivity index (χ2n) is 6.20. The molecule has 2 aliphatic rings. The van der Waals surface area contributed by atoms with Crippen molar-refractivity contribution in [2.75, 3.05) is 5.32 Å². The van der Waals surface area contributed by atoms with Crippen molar-refractivity contribution in [3.05, 3.63) is 29.3 Å². The SMILES string of the molecule is Cl.NC1C2CCCC1CC(C(=O)Nc1cccc(Cl)c1)C2. The van der Waals surface area contributed by atoms with Crippen LogP contribution in [0.2, 0.25) is 5.02 Å². The largest absolute Gasteiger partial charge is 0.327 e. The molecule has 3 N–H and O–H groups in total. The van der Waals surface area contributed by atoms with Gasteiger partial charge in [-0.15, -0.1) is 12.4 Å². The molecule has 5 heteroatoms. The first-order valence-corrected chi connectivity index (χ1v) is 7.83. The highest BCUT2D eigenvalue weighted by Crippen LogP contribution is 2.42. The number of carbonyl (C=O) groups excluding carboxylic acids is 1. The highest BCUT2D eigenvalue weighted by molar-refractivity contribution is 6.30. The maximum atomic E-state index is 12.4. The van der Waals surface area contributed by atoms with Gasteiger partial charge < -0.3 is 11.1 Å². The fourth-order valence-corrected chi connectivity index (χ4v) is 4.00. The number of amides is 1. The Bertz CT molecular complexity index is 495. The summed E-state index contributed by atoms with van der Waals surface area (Å²) in [4.78, 5) is 12.4. The van der Waals surface area contributed by atoms with E-state index >= 15 is 0 Å². The molecule has 21 heavy (non-hydrogen) atoms. The first kappa shape index (κ1) is 16.6. The lowest BCUT2D eigenvalue weighted by Gasteiger charge is -2.43. The molecule has 0 saturated heterocycles. The van der Waals surface area contributed by atoms with Crippen molar-refractivity contribution in [3.63, 3.8) is 0 Å². The van der Waals surface area contributed by atoms with Crippen LogP contribution in [-0.4, -0.2) is 11.9 Å². The quantitative estimate of drug-likeness (QED) is 0.866. The van der Waals surface area contributed by atoms with Gasteiger partial charge in [0.15, 0.2) is 0 Å². The van der Waals surface area contributed by atoms with Crippen LogP contribution in [0.25, 0.3) is 0 Å². The van der Waals surface area contributed by atoms with Gasteiger partial charge in [0, 0.05) is 22.7 Å². The van der Waals surface area contributed by atoms with Crippen molar-refractivity contribution < 1.29 is 4.79 Å². The maximum Gasteiger partial charge on any atom is 0.227 e. The van der Waals surface area contributed by atoms with Crippen molar-refractivity contribution in [2.24, 2.45) is 23.5 Å². The van der Waals surface area contributed by atoms with Crippen LogP contribution < -0.4 is 11.1 Å². The number of nitrogens with one attached hydrogen (secondary N) is 1. The molecule has 3 nitrogen and oxygen atoms in total. The normalized spacial score (nSPS) is 31.1. The second kappa shape index (κ2) is 6.99. The van der Waals surface area contributed by atoms with Gasteiger partial charge in [-0.3, -0.25) is 4.79 Å². The van der Waals surface area contributed by atoms with Crippen molar-refractivity contribution >= 4 is 35.6 Å². The molecule has 0 aromatic heterocycles. The fraction of sp³-hybridized carbons (Fsp3) is 0.562. The lowest BCUT2D eigenvalue weighted by molar-refractivity contribution is -0.122. The zero-order chi connectivity index (χ0) is 14.1. The average molecular weight is 329 g/mol. The highest BCUT2D eigenvalue weighted by Gasteiger charge is 2.40. The minimum absolute atomic E-state index is 0. The summed E-state index contributed by atoms with van der Waals surface area (Å²) < 4.78 is 0. The first-order valence-electron chi connectivity index (χ1n) is 7.45. The Morgan fingerprint density at radius 1 is 1.24 bits per heavy atom. The van der Waals surface area contributed by atoms with E-state index in [4.69, 9.17) is 17.3 Å². The molecular formula is C16H22Cl2N2O. The fourth-order valence-electron chi connectivity index (χ4n) is 3.81. The topological polar surface area (TPSA) is 55.1 Å². The number of nitrogens with two attached hydrogens (primary N) is 1. The third-order valence-corrected chi connectivity index (χ3v) is 5.11. The van der Waals surface area contributed by atoms with Gasteiger partial charge in [0.05, 0.1) is 0 Å². The highest BCUT2D eigenvalue weighted by atomic mass is 35.5. The molecule has 1 amide bonds. The molecule has 2 aliphatic carbocycles. The van der Waals surface area contributed by atoms with E-state index in [1.165, 1.54) is 19.3 Å². The summed E-state index contributed by atoms with van der Waals surface area (Å²) >= 11 is 5.94. The Morgan fingerprint density at radius 3 is 2.52 bits per heavy atom. The molecule has 2 unspecified atom stereocenters. The summed E-state index contributed by atoms with van der Waals surface area (Å²) in [6, 6.07) is 7.62. The van der Waals surface area contributed by atoms with E-state index in [1.807, 2.05) is 12.1 Å². The molecule has 116 valence electrons. The van der Waals surface area contributed by atoms with Gasteiger partial charge in [0.25, 0.3) is 0 Å². The van der Waals surface area contributed by atoms with Gasteiger partial charge in [0.2, 0.25) is 5.91 Å². The summed E-state index contributed by atoms with van der Waals surface area (Å²) in [6.07, 6.45) is 5.50. The van der Waals surface area contributed by atoms with Crippen LogP contribution in [0.5, 0.6) is 0 Å². The maximum absolute atomic E-state index is 12.4. The smallest absolute Gasteiger partial charge is 0.227 e. The van der Waals surface area contributed by atoms with Gasteiger partial charge in [-0.05, 0) is 55.7 Å². The molecule has 3 rings (SSSR count). The van der Waals surface area contributed by atoms with E-state index in [-0.39, 0.29) is 24.2 Å². The molecule has 2 saturated carbocycles.